The predicted octanol–water partition coefficient (Wildman–Crippen LogP) is 1.51. The number of rotatable bonds is 2. The fourth-order valence-corrected chi connectivity index (χ4v) is 0.250. The van der Waals surface area contributed by atoms with Crippen molar-refractivity contribution in [2.75, 3.05) is 13.8 Å². The molecule has 0 saturated carbocycles. The van der Waals surface area contributed by atoms with Gasteiger partial charge in [-0.15, -0.1) is 0 Å². The Balaban J connectivity index is 3.38. The first-order chi connectivity index (χ1) is 3.35. The largest absolute Gasteiger partial charge is 0.499 e. The number of hydrogen-bond donors (Lipinski definition) is 0. The van der Waals surface area contributed by atoms with Crippen molar-refractivity contribution >= 4 is 0 Å². The lowest BCUT2D eigenvalue weighted by Gasteiger charge is -1.95. The summed E-state index contributed by atoms with van der Waals surface area (Å²) < 4.78 is 16.0. The Morgan fingerprint density at radius 2 is 2.43 bits per heavy atom. The summed E-state index contributed by atoms with van der Waals surface area (Å²) in [5.74, 6) is 0.389. The van der Waals surface area contributed by atoms with Gasteiger partial charge in [-0.05, 0) is 13.0 Å². The smallest absolute Gasteiger partial charge is 0.146 e. The highest BCUT2D eigenvalue weighted by Crippen LogP contribution is 1.92. The normalized spacial score (nSPS) is 11.6. The summed E-state index contributed by atoms with van der Waals surface area (Å²) in [4.78, 5) is 0. The number of alkyl halides is 1. The second-order valence-corrected chi connectivity index (χ2v) is 1.09. The maximum absolute atomic E-state index is 11.5. The molecular weight excluding hydrogens is 95.1 g/mol. The van der Waals surface area contributed by atoms with Crippen molar-refractivity contribution in [3.05, 3.63) is 11.8 Å². The van der Waals surface area contributed by atoms with Gasteiger partial charge in [-0.25, -0.2) is 4.39 Å². The summed E-state index contributed by atoms with van der Waals surface area (Å²) in [7, 11) is 1.45. The highest BCUT2D eigenvalue weighted by molar-refractivity contribution is 4.88. The predicted molar refractivity (Wildman–Crippen MR) is 26.7 cm³/mol. The lowest BCUT2D eigenvalue weighted by molar-refractivity contribution is 0.255. The van der Waals surface area contributed by atoms with Crippen LogP contribution in [-0.2, 0) is 4.74 Å². The van der Waals surface area contributed by atoms with Crippen LogP contribution >= 0.6 is 0 Å². The Kier molecular flexibility index (Phi) is 3.38. The van der Waals surface area contributed by atoms with Gasteiger partial charge in [0.1, 0.15) is 12.4 Å². The van der Waals surface area contributed by atoms with Crippen LogP contribution in [-0.4, -0.2) is 13.8 Å². The van der Waals surface area contributed by atoms with E-state index in [-0.39, 0.29) is 0 Å². The Hall–Kier alpha value is -0.530. The number of halogens is 1. The molecule has 0 fully saturated rings. The minimum atomic E-state index is -0.507. The van der Waals surface area contributed by atoms with Gasteiger partial charge in [0.25, 0.3) is 0 Å². The van der Waals surface area contributed by atoms with Gasteiger partial charge in [-0.2, -0.15) is 0 Å². The third-order valence-corrected chi connectivity index (χ3v) is 0.716. The second-order valence-electron chi connectivity index (χ2n) is 1.09. The molecule has 2 heteroatoms. The average molecular weight is 104 g/mol. The Morgan fingerprint density at radius 1 is 1.86 bits per heavy atom. The average Bonchev–Trinajstić information content (AvgIpc) is 1.72. The van der Waals surface area contributed by atoms with E-state index >= 15 is 0 Å². The van der Waals surface area contributed by atoms with Crippen molar-refractivity contribution in [1.29, 1.82) is 0 Å². The highest BCUT2D eigenvalue weighted by Gasteiger charge is 1.86. The van der Waals surface area contributed by atoms with E-state index in [9.17, 15) is 4.39 Å². The van der Waals surface area contributed by atoms with Crippen LogP contribution in [0.2, 0.25) is 0 Å². The molecule has 0 aliphatic rings. The number of methoxy groups -OCH3 is 1. The van der Waals surface area contributed by atoms with E-state index in [1.165, 1.54) is 7.11 Å². The molecule has 0 aliphatic carbocycles. The van der Waals surface area contributed by atoms with Gasteiger partial charge < -0.3 is 4.74 Å². The van der Waals surface area contributed by atoms with Gasteiger partial charge >= 0.3 is 0 Å². The zero-order valence-corrected chi connectivity index (χ0v) is 4.57. The molecular formula is C5H9FO. The van der Waals surface area contributed by atoms with E-state index in [1.54, 1.807) is 13.0 Å². The highest BCUT2D eigenvalue weighted by atomic mass is 19.1. The van der Waals surface area contributed by atoms with Gasteiger partial charge in [0.05, 0.1) is 7.11 Å². The number of hydrogen-bond acceptors (Lipinski definition) is 1. The zero-order valence-electron chi connectivity index (χ0n) is 4.57. The van der Waals surface area contributed by atoms with Crippen LogP contribution in [0.25, 0.3) is 0 Å². The Bertz CT molecular complexity index is 62.5. The maximum atomic E-state index is 11.5. The molecule has 0 amide bonds. The van der Waals surface area contributed by atoms with Gasteiger partial charge in [-0.1, -0.05) is 0 Å². The molecule has 0 aromatic rings. The van der Waals surface area contributed by atoms with Crippen LogP contribution in [0.4, 0.5) is 4.39 Å². The molecule has 1 nitrogen and oxygen atoms in total. The first-order valence-electron chi connectivity index (χ1n) is 2.10. The van der Waals surface area contributed by atoms with Crippen LogP contribution in [0.1, 0.15) is 6.92 Å². The SMILES string of the molecule is CC=C(CF)OC. The van der Waals surface area contributed by atoms with Crippen LogP contribution in [0.15, 0.2) is 11.8 Å². The Morgan fingerprint density at radius 3 is 2.43 bits per heavy atom. The minimum Gasteiger partial charge on any atom is -0.499 e. The van der Waals surface area contributed by atoms with Crippen LogP contribution in [0, 0.1) is 0 Å². The van der Waals surface area contributed by atoms with Crippen LogP contribution in [0.3, 0.4) is 0 Å². The number of ether oxygens (including phenoxy) is 1. The molecule has 0 bridgehead atoms. The molecule has 0 heterocycles. The van der Waals surface area contributed by atoms with E-state index in [0.29, 0.717) is 5.76 Å². The molecule has 0 unspecified atom stereocenters. The van der Waals surface area contributed by atoms with E-state index in [1.807, 2.05) is 0 Å². The molecule has 0 atom stereocenters. The summed E-state index contributed by atoms with van der Waals surface area (Å²) in [6.45, 7) is 1.23. The van der Waals surface area contributed by atoms with Gasteiger partial charge in [0.15, 0.2) is 0 Å². The fraction of sp³-hybridized carbons (Fsp3) is 0.600. The van der Waals surface area contributed by atoms with Crippen molar-refractivity contribution in [3.8, 4) is 0 Å². The molecule has 0 saturated heterocycles. The molecule has 0 N–H and O–H groups in total. The monoisotopic (exact) mass is 104 g/mol. The van der Waals surface area contributed by atoms with E-state index in [2.05, 4.69) is 4.74 Å². The molecule has 0 radical (unpaired) electrons. The van der Waals surface area contributed by atoms with E-state index in [0.717, 1.165) is 0 Å². The fourth-order valence-electron chi connectivity index (χ4n) is 0.250. The molecule has 0 aliphatic heterocycles. The summed E-state index contributed by atoms with van der Waals surface area (Å²) in [5, 5.41) is 0. The quantitative estimate of drug-likeness (QED) is 0.482. The van der Waals surface area contributed by atoms with Gasteiger partial charge in [-0.3, -0.25) is 0 Å². The van der Waals surface area contributed by atoms with E-state index in [4.69, 9.17) is 0 Å². The van der Waals surface area contributed by atoms with Crippen molar-refractivity contribution in [3.63, 3.8) is 0 Å². The summed E-state index contributed by atoms with van der Waals surface area (Å²) in [6.07, 6.45) is 1.60. The Labute approximate surface area is 42.8 Å². The van der Waals surface area contributed by atoms with Crippen molar-refractivity contribution in [1.82, 2.24) is 0 Å². The summed E-state index contributed by atoms with van der Waals surface area (Å²) >= 11 is 0. The molecule has 0 spiro atoms. The molecule has 0 aromatic heterocycles. The van der Waals surface area contributed by atoms with Crippen LogP contribution in [0.5, 0.6) is 0 Å². The summed E-state index contributed by atoms with van der Waals surface area (Å²) in [6, 6.07) is 0. The second kappa shape index (κ2) is 3.65. The third-order valence-electron chi connectivity index (χ3n) is 0.716. The van der Waals surface area contributed by atoms with Crippen LogP contribution < -0.4 is 0 Å². The first kappa shape index (κ1) is 6.47. The van der Waals surface area contributed by atoms with Crippen molar-refractivity contribution in [2.24, 2.45) is 0 Å². The zero-order chi connectivity index (χ0) is 5.70. The lowest BCUT2D eigenvalue weighted by atomic mass is 10.5. The molecule has 0 aromatic carbocycles. The van der Waals surface area contributed by atoms with E-state index < -0.39 is 6.67 Å². The molecule has 42 valence electrons. The van der Waals surface area contributed by atoms with Crippen molar-refractivity contribution < 1.29 is 9.13 Å². The van der Waals surface area contributed by atoms with Gasteiger partial charge in [0.2, 0.25) is 0 Å². The molecule has 7 heavy (non-hydrogen) atoms. The standard InChI is InChI=1S/C5H9FO/c1-3-5(4-6)7-2/h3H,4H2,1-2H3. The van der Waals surface area contributed by atoms with Crippen molar-refractivity contribution in [2.45, 2.75) is 6.92 Å². The summed E-state index contributed by atoms with van der Waals surface area (Å²) in [5.41, 5.74) is 0. The third kappa shape index (κ3) is 2.20. The number of allylic oxidation sites excluding steroid dienone is 2. The maximum Gasteiger partial charge on any atom is 0.146 e. The molecule has 0 rings (SSSR count). The minimum absolute atomic E-state index is 0.389. The topological polar surface area (TPSA) is 9.23 Å². The lowest BCUT2D eigenvalue weighted by Crippen LogP contribution is -1.85. The van der Waals surface area contributed by atoms with Gasteiger partial charge in [0, 0.05) is 0 Å². The first-order valence-corrected chi connectivity index (χ1v) is 2.10.